The van der Waals surface area contributed by atoms with Crippen LogP contribution in [-0.4, -0.2) is 59.9 Å². The molecule has 1 fully saturated rings. The maximum atomic E-state index is 12.4. The van der Waals surface area contributed by atoms with Gasteiger partial charge in [0.25, 0.3) is 15.9 Å². The zero-order valence-electron chi connectivity index (χ0n) is 11.4. The Morgan fingerprint density at radius 2 is 2.05 bits per heavy atom. The van der Waals surface area contributed by atoms with E-state index in [1.165, 1.54) is 15.6 Å². The lowest BCUT2D eigenvalue weighted by molar-refractivity contribution is 0.0691. The number of carbonyl (C=O) groups is 1. The molecule has 1 aliphatic rings. The van der Waals surface area contributed by atoms with Gasteiger partial charge >= 0.3 is 0 Å². The van der Waals surface area contributed by atoms with Crippen molar-refractivity contribution in [2.75, 3.05) is 26.2 Å². The first kappa shape index (κ1) is 15.9. The van der Waals surface area contributed by atoms with Crippen LogP contribution in [0, 0.1) is 3.57 Å². The van der Waals surface area contributed by atoms with Crippen molar-refractivity contribution in [2.45, 2.75) is 4.21 Å². The van der Waals surface area contributed by atoms with Crippen molar-refractivity contribution in [3.8, 4) is 0 Å². The summed E-state index contributed by atoms with van der Waals surface area (Å²) in [5.74, 6) is -0.143. The molecule has 2 aromatic heterocycles. The monoisotopic (exact) mass is 452 g/mol. The van der Waals surface area contributed by atoms with Crippen LogP contribution in [0.25, 0.3) is 0 Å². The molecule has 0 saturated carbocycles. The summed E-state index contributed by atoms with van der Waals surface area (Å²) in [6.07, 6.45) is 1.59. The molecule has 22 heavy (non-hydrogen) atoms. The second-order valence-electron chi connectivity index (χ2n) is 4.72. The van der Waals surface area contributed by atoms with E-state index in [0.29, 0.717) is 36.1 Å². The van der Waals surface area contributed by atoms with Gasteiger partial charge in [0.2, 0.25) is 0 Å². The molecule has 1 N–H and O–H groups in total. The van der Waals surface area contributed by atoms with Gasteiger partial charge in [-0.25, -0.2) is 8.42 Å². The SMILES string of the molecule is O=C(c1[nH]ncc1I)N1CCN(S(=O)(=O)c2cccs2)CC1. The third kappa shape index (κ3) is 2.92. The van der Waals surface area contributed by atoms with Crippen LogP contribution >= 0.6 is 33.9 Å². The summed E-state index contributed by atoms with van der Waals surface area (Å²) in [5.41, 5.74) is 0.454. The first-order valence-corrected chi connectivity index (χ1v) is 9.92. The van der Waals surface area contributed by atoms with Gasteiger partial charge in [0, 0.05) is 26.2 Å². The summed E-state index contributed by atoms with van der Waals surface area (Å²) in [6.45, 7) is 1.35. The molecule has 0 aliphatic carbocycles. The van der Waals surface area contributed by atoms with E-state index in [4.69, 9.17) is 0 Å². The van der Waals surface area contributed by atoms with E-state index in [9.17, 15) is 13.2 Å². The number of aromatic amines is 1. The first-order chi connectivity index (χ1) is 10.5. The number of amides is 1. The van der Waals surface area contributed by atoms with Crippen molar-refractivity contribution in [3.63, 3.8) is 0 Å². The normalized spacial score (nSPS) is 16.9. The number of rotatable bonds is 3. The topological polar surface area (TPSA) is 86.4 Å². The van der Waals surface area contributed by atoms with Crippen LogP contribution < -0.4 is 0 Å². The molecule has 0 aromatic carbocycles. The minimum absolute atomic E-state index is 0.143. The summed E-state index contributed by atoms with van der Waals surface area (Å²) in [5, 5.41) is 8.27. The largest absolute Gasteiger partial charge is 0.335 e. The van der Waals surface area contributed by atoms with E-state index in [1.807, 2.05) is 22.6 Å². The maximum Gasteiger partial charge on any atom is 0.273 e. The van der Waals surface area contributed by atoms with Crippen LogP contribution in [0.5, 0.6) is 0 Å². The van der Waals surface area contributed by atoms with Crippen LogP contribution in [0.15, 0.2) is 27.9 Å². The number of piperazine rings is 1. The average Bonchev–Trinajstić information content (AvgIpc) is 3.18. The maximum absolute atomic E-state index is 12.4. The molecule has 2 aromatic rings. The quantitative estimate of drug-likeness (QED) is 0.710. The summed E-state index contributed by atoms with van der Waals surface area (Å²) in [6, 6.07) is 3.32. The van der Waals surface area contributed by atoms with Crippen LogP contribution in [0.2, 0.25) is 0 Å². The first-order valence-electron chi connectivity index (χ1n) is 6.52. The number of thiophene rings is 1. The molecule has 1 aliphatic heterocycles. The number of aromatic nitrogens is 2. The summed E-state index contributed by atoms with van der Waals surface area (Å²) >= 11 is 3.25. The molecule has 0 atom stereocenters. The summed E-state index contributed by atoms with van der Waals surface area (Å²) in [7, 11) is -3.44. The van der Waals surface area contributed by atoms with Gasteiger partial charge in [-0.2, -0.15) is 9.40 Å². The third-order valence-electron chi connectivity index (χ3n) is 3.42. The lowest BCUT2D eigenvalue weighted by atomic mass is 10.3. The summed E-state index contributed by atoms with van der Waals surface area (Å²) in [4.78, 5) is 14.0. The van der Waals surface area contributed by atoms with Crippen molar-refractivity contribution in [1.29, 1.82) is 0 Å². The molecular formula is C12H13IN4O3S2. The molecule has 118 valence electrons. The minimum Gasteiger partial charge on any atom is -0.335 e. The van der Waals surface area contributed by atoms with Crippen molar-refractivity contribution < 1.29 is 13.2 Å². The zero-order chi connectivity index (χ0) is 15.7. The number of hydrogen-bond donors (Lipinski definition) is 1. The van der Waals surface area contributed by atoms with Gasteiger partial charge in [-0.05, 0) is 34.0 Å². The Labute approximate surface area is 145 Å². The molecule has 3 heterocycles. The van der Waals surface area contributed by atoms with Crippen molar-refractivity contribution >= 4 is 49.9 Å². The van der Waals surface area contributed by atoms with E-state index >= 15 is 0 Å². The molecule has 10 heteroatoms. The molecule has 1 amide bonds. The summed E-state index contributed by atoms with van der Waals surface area (Å²) < 4.78 is 27.4. The lowest BCUT2D eigenvalue weighted by Crippen LogP contribution is -2.50. The van der Waals surface area contributed by atoms with Gasteiger partial charge in [0.15, 0.2) is 0 Å². The van der Waals surface area contributed by atoms with E-state index in [-0.39, 0.29) is 5.91 Å². The number of nitrogens with zero attached hydrogens (tertiary/aromatic N) is 3. The molecule has 0 spiro atoms. The number of carbonyl (C=O) groups excluding carboxylic acids is 1. The fourth-order valence-corrected chi connectivity index (χ4v) is 5.31. The van der Waals surface area contributed by atoms with E-state index < -0.39 is 10.0 Å². The van der Waals surface area contributed by atoms with E-state index in [1.54, 1.807) is 28.6 Å². The smallest absolute Gasteiger partial charge is 0.273 e. The van der Waals surface area contributed by atoms with Gasteiger partial charge in [0.05, 0.1) is 9.77 Å². The Morgan fingerprint density at radius 1 is 1.32 bits per heavy atom. The lowest BCUT2D eigenvalue weighted by Gasteiger charge is -2.33. The van der Waals surface area contributed by atoms with Crippen molar-refractivity contribution in [3.05, 3.63) is 33.0 Å². The molecule has 0 bridgehead atoms. The molecule has 7 nitrogen and oxygen atoms in total. The van der Waals surface area contributed by atoms with E-state index in [2.05, 4.69) is 10.2 Å². The Balaban J connectivity index is 1.68. The van der Waals surface area contributed by atoms with Gasteiger partial charge in [0.1, 0.15) is 9.90 Å². The Kier molecular flexibility index (Phi) is 4.52. The highest BCUT2D eigenvalue weighted by molar-refractivity contribution is 14.1. The molecular weight excluding hydrogens is 439 g/mol. The fourth-order valence-electron chi connectivity index (χ4n) is 2.25. The van der Waals surface area contributed by atoms with Gasteiger partial charge in [-0.1, -0.05) is 6.07 Å². The standard InChI is InChI=1S/C12H13IN4O3S2/c13-9-8-14-15-11(9)12(18)16-3-5-17(6-4-16)22(19,20)10-2-1-7-21-10/h1-2,7-8H,3-6H2,(H,14,15). The predicted molar refractivity (Wildman–Crippen MR) is 90.3 cm³/mol. The van der Waals surface area contributed by atoms with Crippen molar-refractivity contribution in [2.24, 2.45) is 0 Å². The van der Waals surface area contributed by atoms with Gasteiger partial charge in [-0.3, -0.25) is 9.89 Å². The number of nitrogens with one attached hydrogen (secondary N) is 1. The molecule has 3 rings (SSSR count). The molecule has 0 unspecified atom stereocenters. The Bertz CT molecular complexity index is 764. The average molecular weight is 452 g/mol. The Hall–Kier alpha value is -0.980. The van der Waals surface area contributed by atoms with Gasteiger partial charge < -0.3 is 4.90 Å². The second-order valence-corrected chi connectivity index (χ2v) is 9.00. The predicted octanol–water partition coefficient (Wildman–Crippen LogP) is 1.22. The fraction of sp³-hybridized carbons (Fsp3) is 0.333. The van der Waals surface area contributed by atoms with Crippen LogP contribution in [0.4, 0.5) is 0 Å². The third-order valence-corrected chi connectivity index (χ3v) is 7.51. The van der Waals surface area contributed by atoms with Gasteiger partial charge in [-0.15, -0.1) is 11.3 Å². The number of halogens is 1. The molecule has 0 radical (unpaired) electrons. The minimum atomic E-state index is -3.44. The van der Waals surface area contributed by atoms with Crippen LogP contribution in [0.3, 0.4) is 0 Å². The van der Waals surface area contributed by atoms with Crippen LogP contribution in [0.1, 0.15) is 10.5 Å². The van der Waals surface area contributed by atoms with Crippen molar-refractivity contribution in [1.82, 2.24) is 19.4 Å². The number of sulfonamides is 1. The molecule has 1 saturated heterocycles. The highest BCUT2D eigenvalue weighted by Crippen LogP contribution is 2.22. The highest BCUT2D eigenvalue weighted by atomic mass is 127. The highest BCUT2D eigenvalue weighted by Gasteiger charge is 2.31. The number of hydrogen-bond acceptors (Lipinski definition) is 5. The number of H-pyrrole nitrogens is 1. The zero-order valence-corrected chi connectivity index (χ0v) is 15.2. The van der Waals surface area contributed by atoms with E-state index in [0.717, 1.165) is 3.57 Å². The van der Waals surface area contributed by atoms with Crippen LogP contribution in [-0.2, 0) is 10.0 Å². The Morgan fingerprint density at radius 3 is 2.59 bits per heavy atom. The second kappa shape index (κ2) is 6.26.